The number of ether oxygens (including phenoxy) is 2. The number of carbonyl (C=O) groups excluding carboxylic acids is 2. The molecular weight excluding hydrogens is 679 g/mol. The Balaban J connectivity index is 4.09. The number of aliphatic hydroxyl groups is 1. The van der Waals surface area contributed by atoms with Gasteiger partial charge in [-0.1, -0.05) is 118 Å². The maximum atomic E-state index is 12.4. The summed E-state index contributed by atoms with van der Waals surface area (Å²) in [7, 11) is -4.78. The van der Waals surface area contributed by atoms with E-state index < -0.39 is 32.5 Å². The van der Waals surface area contributed by atoms with Crippen molar-refractivity contribution in [2.75, 3.05) is 13.2 Å². The van der Waals surface area contributed by atoms with Crippen molar-refractivity contribution >= 4 is 19.8 Å². The number of phosphoric acid groups is 1. The lowest BCUT2D eigenvalue weighted by Gasteiger charge is -2.18. The fraction of sp³-hybridized carbons (Fsp3) is 0.667. The summed E-state index contributed by atoms with van der Waals surface area (Å²) in [5.74, 6) is -0.986. The third-order valence-electron chi connectivity index (χ3n) is 7.97. The van der Waals surface area contributed by atoms with Crippen LogP contribution in [0.4, 0.5) is 0 Å². The zero-order valence-electron chi connectivity index (χ0n) is 32.3. The second-order valence-corrected chi connectivity index (χ2v) is 14.4. The highest BCUT2D eigenvalue weighted by atomic mass is 31.2. The highest BCUT2D eigenvalue weighted by molar-refractivity contribution is 7.46. The lowest BCUT2D eigenvalue weighted by Crippen LogP contribution is -2.29. The van der Waals surface area contributed by atoms with Crippen molar-refractivity contribution in [1.29, 1.82) is 0 Å². The van der Waals surface area contributed by atoms with Crippen LogP contribution < -0.4 is 0 Å². The van der Waals surface area contributed by atoms with Gasteiger partial charge in [0, 0.05) is 12.8 Å². The lowest BCUT2D eigenvalue weighted by atomic mass is 10.1. The molecule has 0 bridgehead atoms. The number of rotatable bonds is 35. The molecule has 0 unspecified atom stereocenters. The van der Waals surface area contributed by atoms with Gasteiger partial charge in [0.05, 0.1) is 12.7 Å². The number of unbranched alkanes of at least 4 members (excludes halogenated alkanes) is 11. The molecule has 0 fully saturated rings. The van der Waals surface area contributed by atoms with E-state index in [0.717, 1.165) is 83.5 Å². The summed E-state index contributed by atoms with van der Waals surface area (Å²) in [6.07, 6.45) is 44.7. The summed E-state index contributed by atoms with van der Waals surface area (Å²) in [4.78, 5) is 42.7. The zero-order chi connectivity index (χ0) is 38.4. The van der Waals surface area contributed by atoms with Crippen molar-refractivity contribution in [2.45, 2.75) is 167 Å². The van der Waals surface area contributed by atoms with Gasteiger partial charge in [-0.2, -0.15) is 0 Å². The van der Waals surface area contributed by atoms with Crippen molar-refractivity contribution in [1.82, 2.24) is 0 Å². The number of hydrogen-bond acceptors (Lipinski definition) is 7. The van der Waals surface area contributed by atoms with E-state index in [1.165, 1.54) is 25.7 Å². The van der Waals surface area contributed by atoms with Crippen molar-refractivity contribution in [3.63, 3.8) is 0 Å². The molecule has 0 radical (unpaired) electrons. The van der Waals surface area contributed by atoms with Crippen molar-refractivity contribution in [3.05, 3.63) is 72.9 Å². The minimum Gasteiger partial charge on any atom is -0.462 e. The molecule has 0 aromatic rings. The summed E-state index contributed by atoms with van der Waals surface area (Å²) in [5, 5.41) is 9.24. The largest absolute Gasteiger partial charge is 0.469 e. The van der Waals surface area contributed by atoms with Gasteiger partial charge in [-0.25, -0.2) is 4.57 Å². The average Bonchev–Trinajstić information content (AvgIpc) is 3.10. The predicted octanol–water partition coefficient (Wildman–Crippen LogP) is 10.9. The minimum absolute atomic E-state index is 0.118. The normalized spacial score (nSPS) is 13.9. The molecule has 0 saturated heterocycles. The molecule has 0 spiro atoms. The molecule has 10 heteroatoms. The molecule has 9 nitrogen and oxygen atoms in total. The third-order valence-corrected chi connectivity index (χ3v) is 8.45. The first-order chi connectivity index (χ1) is 25.1. The molecular formula is C42H71O9P. The molecule has 0 saturated carbocycles. The van der Waals surface area contributed by atoms with Gasteiger partial charge in [-0.05, 0) is 96.8 Å². The minimum atomic E-state index is -4.78. The van der Waals surface area contributed by atoms with Crippen LogP contribution in [0.25, 0.3) is 0 Å². The van der Waals surface area contributed by atoms with Crippen LogP contribution >= 0.6 is 7.82 Å². The van der Waals surface area contributed by atoms with Crippen LogP contribution in [0.15, 0.2) is 72.9 Å². The summed E-state index contributed by atoms with van der Waals surface area (Å²) in [6, 6.07) is 0. The third kappa shape index (κ3) is 40.2. The smallest absolute Gasteiger partial charge is 0.462 e. The topological polar surface area (TPSA) is 140 Å². The number of phosphoric ester groups is 1. The average molecular weight is 751 g/mol. The molecule has 0 aliphatic carbocycles. The van der Waals surface area contributed by atoms with Crippen molar-refractivity contribution in [3.8, 4) is 0 Å². The van der Waals surface area contributed by atoms with Crippen LogP contribution in [-0.2, 0) is 28.2 Å². The quantitative estimate of drug-likeness (QED) is 0.0250. The highest BCUT2D eigenvalue weighted by Crippen LogP contribution is 2.36. The molecule has 0 amide bonds. The Labute approximate surface area is 315 Å². The Morgan fingerprint density at radius 1 is 0.577 bits per heavy atom. The first-order valence-electron chi connectivity index (χ1n) is 19.8. The molecule has 0 heterocycles. The van der Waals surface area contributed by atoms with Crippen LogP contribution in [0, 0.1) is 0 Å². The van der Waals surface area contributed by atoms with Gasteiger partial charge in [0.25, 0.3) is 0 Å². The van der Waals surface area contributed by atoms with Crippen molar-refractivity contribution in [2.24, 2.45) is 0 Å². The standard InChI is InChI=1S/C42H71O9P/c1-3-4-5-6-7-8-9-10-11-14-17-20-23-26-29-32-35-41(44)49-37-40(38-50-52(46,47)48)51-42(45)36-33-30-27-24-21-18-15-12-13-16-19-22-25-28-31-34-39(2)43/h7-8,10-11,13,15-16,18,22,24-25,27,39-40,43H,3-6,9,12,14,17,19-21,23,26,28-38H2,1-2H3,(H2,46,47,48)/b8-7-,11-10-,16-13-,18-15-,25-22-,27-24-/t39-,40+/m0/s1. The molecule has 0 rings (SSSR count). The Bertz CT molecular complexity index is 1090. The first-order valence-corrected chi connectivity index (χ1v) is 21.3. The van der Waals surface area contributed by atoms with E-state index in [0.29, 0.717) is 19.3 Å². The number of allylic oxidation sites excluding steroid dienone is 12. The number of aliphatic hydroxyl groups excluding tert-OH is 1. The summed E-state index contributed by atoms with van der Waals surface area (Å²) < 4.78 is 26.3. The molecule has 2 atom stereocenters. The van der Waals surface area contributed by atoms with Gasteiger partial charge in [0.15, 0.2) is 6.10 Å². The Hall–Kier alpha value is -2.55. The molecule has 0 aromatic carbocycles. The summed E-state index contributed by atoms with van der Waals surface area (Å²) in [6.45, 7) is 3.14. The van der Waals surface area contributed by atoms with Gasteiger partial charge in [0.1, 0.15) is 6.61 Å². The fourth-order valence-corrected chi connectivity index (χ4v) is 5.36. The van der Waals surface area contributed by atoms with Gasteiger partial charge in [-0.3, -0.25) is 14.1 Å². The fourth-order valence-electron chi connectivity index (χ4n) is 5.00. The second-order valence-electron chi connectivity index (χ2n) is 13.2. The van der Waals surface area contributed by atoms with E-state index in [-0.39, 0.29) is 25.6 Å². The van der Waals surface area contributed by atoms with Gasteiger partial charge < -0.3 is 24.4 Å². The number of hydrogen-bond donors (Lipinski definition) is 3. The van der Waals surface area contributed by atoms with Crippen LogP contribution in [0.3, 0.4) is 0 Å². The van der Waals surface area contributed by atoms with Gasteiger partial charge in [-0.15, -0.1) is 0 Å². The van der Waals surface area contributed by atoms with E-state index in [2.05, 4.69) is 72.2 Å². The van der Waals surface area contributed by atoms with E-state index in [1.54, 1.807) is 0 Å². The van der Waals surface area contributed by atoms with Crippen LogP contribution in [0.2, 0.25) is 0 Å². The van der Waals surface area contributed by atoms with Crippen LogP contribution in [0.1, 0.15) is 155 Å². The molecule has 0 aliphatic rings. The maximum absolute atomic E-state index is 12.4. The highest BCUT2D eigenvalue weighted by Gasteiger charge is 2.22. The monoisotopic (exact) mass is 750 g/mol. The molecule has 298 valence electrons. The number of carbonyl (C=O) groups is 2. The zero-order valence-corrected chi connectivity index (χ0v) is 33.2. The second kappa shape index (κ2) is 36.8. The van der Waals surface area contributed by atoms with Gasteiger partial charge in [0.2, 0.25) is 0 Å². The van der Waals surface area contributed by atoms with Crippen LogP contribution in [0.5, 0.6) is 0 Å². The van der Waals surface area contributed by atoms with E-state index >= 15 is 0 Å². The predicted molar refractivity (Wildman–Crippen MR) is 213 cm³/mol. The summed E-state index contributed by atoms with van der Waals surface area (Å²) >= 11 is 0. The van der Waals surface area contributed by atoms with Gasteiger partial charge >= 0.3 is 19.8 Å². The Kier molecular flexibility index (Phi) is 35.0. The number of esters is 2. The Morgan fingerprint density at radius 2 is 1.02 bits per heavy atom. The molecule has 3 N–H and O–H groups in total. The Morgan fingerprint density at radius 3 is 1.54 bits per heavy atom. The first kappa shape index (κ1) is 49.5. The molecule has 52 heavy (non-hydrogen) atoms. The SMILES string of the molecule is CCCCC/C=C\C/C=C\CCCCCCCCC(=O)OC[C@H](COP(=O)(O)O)OC(=O)CCC/C=C\C/C=C\C/C=C\C/C=C\CCC[C@H](C)O. The summed E-state index contributed by atoms with van der Waals surface area (Å²) in [5.41, 5.74) is 0. The molecule has 0 aliphatic heterocycles. The maximum Gasteiger partial charge on any atom is 0.469 e. The van der Waals surface area contributed by atoms with E-state index in [4.69, 9.17) is 19.3 Å². The van der Waals surface area contributed by atoms with E-state index in [1.807, 2.05) is 19.1 Å². The van der Waals surface area contributed by atoms with Crippen molar-refractivity contribution < 1.29 is 43.0 Å². The van der Waals surface area contributed by atoms with Crippen LogP contribution in [-0.4, -0.2) is 52.3 Å². The lowest BCUT2D eigenvalue weighted by molar-refractivity contribution is -0.161. The molecule has 0 aromatic heterocycles. The van der Waals surface area contributed by atoms with E-state index in [9.17, 15) is 19.3 Å².